The normalized spacial score (nSPS) is 15.5. The molecule has 0 spiro atoms. The maximum absolute atomic E-state index is 14.1. The highest BCUT2D eigenvalue weighted by atomic mass is 19.1. The number of imidazole rings is 1. The molecule has 1 heterocycles. The Hall–Kier alpha value is -1.78. The van der Waals surface area contributed by atoms with Crippen molar-refractivity contribution in [3.05, 3.63) is 28.6 Å². The number of halogens is 2. The van der Waals surface area contributed by atoms with E-state index in [4.69, 9.17) is 0 Å². The summed E-state index contributed by atoms with van der Waals surface area (Å²) < 4.78 is 28.2. The number of hydrogen-bond donors (Lipinski definition) is 1. The Labute approximate surface area is 95.9 Å². The molecule has 1 N–H and O–H groups in total. The van der Waals surface area contributed by atoms with Crippen LogP contribution in [0.1, 0.15) is 17.0 Å². The van der Waals surface area contributed by atoms with Gasteiger partial charge in [-0.2, -0.15) is 0 Å². The zero-order chi connectivity index (χ0) is 12.2. The highest BCUT2D eigenvalue weighted by Crippen LogP contribution is 2.34. The van der Waals surface area contributed by atoms with E-state index < -0.39 is 11.6 Å². The van der Waals surface area contributed by atoms with Gasteiger partial charge in [-0.3, -0.25) is 0 Å². The molecule has 5 heteroatoms. The van der Waals surface area contributed by atoms with Crippen LogP contribution in [0.2, 0.25) is 0 Å². The molecule has 0 saturated heterocycles. The van der Waals surface area contributed by atoms with E-state index in [1.165, 1.54) is 0 Å². The topological polar surface area (TPSA) is 45.8 Å². The number of nitrogens with zero attached hydrogens (tertiary/aromatic N) is 1. The van der Waals surface area contributed by atoms with Gasteiger partial charge in [-0.25, -0.2) is 13.8 Å². The molecule has 0 aliphatic heterocycles. The number of carbonyl (C=O) groups excluding carboxylic acids is 1. The van der Waals surface area contributed by atoms with E-state index in [-0.39, 0.29) is 29.8 Å². The van der Waals surface area contributed by atoms with Gasteiger partial charge in [-0.15, -0.1) is 0 Å². The van der Waals surface area contributed by atoms with Crippen molar-refractivity contribution in [3.63, 3.8) is 0 Å². The van der Waals surface area contributed by atoms with Crippen molar-refractivity contribution in [1.82, 2.24) is 9.97 Å². The van der Waals surface area contributed by atoms with Gasteiger partial charge in [0.15, 0.2) is 11.6 Å². The van der Waals surface area contributed by atoms with Gasteiger partial charge in [-0.1, -0.05) is 0 Å². The molecular formula is C12H10F2N2O. The molecule has 0 saturated carbocycles. The summed E-state index contributed by atoms with van der Waals surface area (Å²) in [6, 6.07) is 0. The van der Waals surface area contributed by atoms with Crippen LogP contribution >= 0.6 is 0 Å². The fourth-order valence-electron chi connectivity index (χ4n) is 2.49. The number of aromatic nitrogens is 2. The van der Waals surface area contributed by atoms with Crippen LogP contribution < -0.4 is 0 Å². The summed E-state index contributed by atoms with van der Waals surface area (Å²) in [5.74, 6) is -0.804. The zero-order valence-electron chi connectivity index (χ0n) is 9.18. The third-order valence-corrected chi connectivity index (χ3v) is 3.27. The number of carbonyl (C=O) groups is 1. The number of aromatic amines is 1. The van der Waals surface area contributed by atoms with Crippen LogP contribution in [0.3, 0.4) is 0 Å². The Morgan fingerprint density at radius 3 is 2.59 bits per heavy atom. The summed E-state index contributed by atoms with van der Waals surface area (Å²) in [6.45, 7) is 1.65. The third-order valence-electron chi connectivity index (χ3n) is 3.27. The van der Waals surface area contributed by atoms with Crippen LogP contribution in [0.25, 0.3) is 11.0 Å². The minimum atomic E-state index is -0.495. The molecule has 0 amide bonds. The number of aryl methyl sites for hydroxylation is 1. The molecule has 0 radical (unpaired) electrons. The van der Waals surface area contributed by atoms with Gasteiger partial charge in [0.2, 0.25) is 0 Å². The molecule has 3 rings (SSSR count). The maximum atomic E-state index is 14.1. The fraction of sp³-hybridized carbons (Fsp3) is 0.333. The van der Waals surface area contributed by atoms with Gasteiger partial charge in [0.05, 0.1) is 0 Å². The first-order valence-corrected chi connectivity index (χ1v) is 5.42. The largest absolute Gasteiger partial charge is 0.340 e. The van der Waals surface area contributed by atoms with Crippen molar-refractivity contribution in [2.24, 2.45) is 5.92 Å². The summed E-state index contributed by atoms with van der Waals surface area (Å²) >= 11 is 0. The smallest absolute Gasteiger partial charge is 0.154 e. The molecular weight excluding hydrogens is 226 g/mol. The summed E-state index contributed by atoms with van der Waals surface area (Å²) in [6.07, 6.45) is 1.30. The second-order valence-electron chi connectivity index (χ2n) is 4.44. The molecule has 0 fully saturated rings. The predicted molar refractivity (Wildman–Crippen MR) is 57.7 cm³/mol. The van der Waals surface area contributed by atoms with Crippen molar-refractivity contribution < 1.29 is 13.6 Å². The van der Waals surface area contributed by atoms with Gasteiger partial charge in [-0.05, 0) is 30.9 Å². The first-order valence-electron chi connectivity index (χ1n) is 5.42. The van der Waals surface area contributed by atoms with Crippen molar-refractivity contribution in [2.45, 2.75) is 19.8 Å². The van der Waals surface area contributed by atoms with Crippen molar-refractivity contribution >= 4 is 17.3 Å². The van der Waals surface area contributed by atoms with Gasteiger partial charge in [0.1, 0.15) is 23.1 Å². The molecule has 1 aromatic carbocycles. The van der Waals surface area contributed by atoms with Crippen molar-refractivity contribution in [2.75, 3.05) is 0 Å². The van der Waals surface area contributed by atoms with Gasteiger partial charge < -0.3 is 9.78 Å². The molecule has 1 aliphatic carbocycles. The van der Waals surface area contributed by atoms with Gasteiger partial charge >= 0.3 is 0 Å². The van der Waals surface area contributed by atoms with Crippen LogP contribution in [0.5, 0.6) is 0 Å². The average Bonchev–Trinajstić information content (AvgIpc) is 2.89. The molecule has 2 aromatic rings. The molecule has 3 nitrogen and oxygen atoms in total. The zero-order valence-corrected chi connectivity index (χ0v) is 9.18. The lowest BCUT2D eigenvalue weighted by Gasteiger charge is -2.03. The first kappa shape index (κ1) is 10.4. The number of rotatable bonds is 1. The molecule has 88 valence electrons. The minimum absolute atomic E-state index is 0.0327. The lowest BCUT2D eigenvalue weighted by Crippen LogP contribution is -1.99. The molecule has 1 aromatic heterocycles. The molecule has 0 bridgehead atoms. The SMILES string of the molecule is Cc1nc2c(F)c3c(c(F)c2[nH]1)CC(C=O)C3. The minimum Gasteiger partial charge on any atom is -0.340 e. The number of H-pyrrole nitrogens is 1. The second-order valence-corrected chi connectivity index (χ2v) is 4.44. The Balaban J connectivity index is 2.33. The summed E-state index contributed by atoms with van der Waals surface area (Å²) in [7, 11) is 0. The highest BCUT2D eigenvalue weighted by molar-refractivity contribution is 5.80. The highest BCUT2D eigenvalue weighted by Gasteiger charge is 2.30. The fourth-order valence-corrected chi connectivity index (χ4v) is 2.49. The molecule has 1 atom stereocenters. The molecule has 17 heavy (non-hydrogen) atoms. The maximum Gasteiger partial charge on any atom is 0.154 e. The lowest BCUT2D eigenvalue weighted by atomic mass is 10.1. The van der Waals surface area contributed by atoms with E-state index in [1.807, 2.05) is 0 Å². The van der Waals surface area contributed by atoms with Gasteiger partial charge in [0, 0.05) is 5.92 Å². The summed E-state index contributed by atoms with van der Waals surface area (Å²) in [5.41, 5.74) is 0.755. The molecule has 1 aliphatic rings. The predicted octanol–water partition coefficient (Wildman–Crippen LogP) is 2.06. The quantitative estimate of drug-likeness (QED) is 0.770. The Kier molecular flexibility index (Phi) is 2.05. The Morgan fingerprint density at radius 2 is 1.94 bits per heavy atom. The first-order chi connectivity index (χ1) is 8.11. The number of fused-ring (bicyclic) bond motifs is 2. The van der Waals surface area contributed by atoms with Crippen molar-refractivity contribution in [3.8, 4) is 0 Å². The van der Waals surface area contributed by atoms with E-state index >= 15 is 0 Å². The van der Waals surface area contributed by atoms with Crippen LogP contribution in [-0.2, 0) is 17.6 Å². The monoisotopic (exact) mass is 236 g/mol. The summed E-state index contributed by atoms with van der Waals surface area (Å²) in [4.78, 5) is 17.4. The van der Waals surface area contributed by atoms with E-state index in [2.05, 4.69) is 9.97 Å². The standard InChI is InChI=1S/C12H10F2N2O/c1-5-15-11-9(13)7-2-6(4-17)3-8(7)10(14)12(11)16-5/h4,6H,2-3H2,1H3,(H,15,16). The van der Waals surface area contributed by atoms with E-state index in [1.54, 1.807) is 6.92 Å². The third kappa shape index (κ3) is 1.31. The van der Waals surface area contributed by atoms with Crippen LogP contribution in [-0.4, -0.2) is 16.3 Å². The van der Waals surface area contributed by atoms with Crippen molar-refractivity contribution in [1.29, 1.82) is 0 Å². The van der Waals surface area contributed by atoms with Gasteiger partial charge in [0.25, 0.3) is 0 Å². The Bertz CT molecular complexity index is 584. The Morgan fingerprint density at radius 1 is 1.29 bits per heavy atom. The van der Waals surface area contributed by atoms with Crippen LogP contribution in [0, 0.1) is 24.5 Å². The van der Waals surface area contributed by atoms with E-state index in [0.717, 1.165) is 6.29 Å². The average molecular weight is 236 g/mol. The van der Waals surface area contributed by atoms with Crippen LogP contribution in [0.4, 0.5) is 8.78 Å². The second kappa shape index (κ2) is 3.35. The summed E-state index contributed by atoms with van der Waals surface area (Å²) in [5, 5.41) is 0. The molecule has 1 unspecified atom stereocenters. The number of nitrogens with one attached hydrogen (secondary N) is 1. The van der Waals surface area contributed by atoms with Crippen LogP contribution in [0.15, 0.2) is 0 Å². The lowest BCUT2D eigenvalue weighted by molar-refractivity contribution is -0.110. The van der Waals surface area contributed by atoms with E-state index in [9.17, 15) is 13.6 Å². The number of benzene rings is 1. The van der Waals surface area contributed by atoms with E-state index in [0.29, 0.717) is 17.0 Å². The number of aldehydes is 1. The number of hydrogen-bond acceptors (Lipinski definition) is 2.